The number of hydrogen-bond donors (Lipinski definition) is 3. The fourth-order valence-corrected chi connectivity index (χ4v) is 0.946. The number of amides is 3. The minimum absolute atomic E-state index is 0.261. The van der Waals surface area contributed by atoms with Gasteiger partial charge in [0.05, 0.1) is 6.04 Å². The van der Waals surface area contributed by atoms with Gasteiger partial charge in [-0.2, -0.15) is 0 Å². The van der Waals surface area contributed by atoms with Gasteiger partial charge in [-0.25, -0.2) is 4.79 Å². The molecular formula is C8H15N3O3. The molecule has 4 N–H and O–H groups in total. The van der Waals surface area contributed by atoms with Gasteiger partial charge in [0.15, 0.2) is 0 Å². The third-order valence-electron chi connectivity index (χ3n) is 1.64. The van der Waals surface area contributed by atoms with Gasteiger partial charge in [0.2, 0.25) is 6.41 Å². The first-order valence-corrected chi connectivity index (χ1v) is 4.40. The molecule has 1 atom stereocenters. The van der Waals surface area contributed by atoms with Crippen LogP contribution in [-0.2, 0) is 9.59 Å². The normalized spacial score (nSPS) is 11.5. The van der Waals surface area contributed by atoms with E-state index in [4.69, 9.17) is 5.73 Å². The first-order valence-electron chi connectivity index (χ1n) is 4.40. The van der Waals surface area contributed by atoms with Gasteiger partial charge < -0.3 is 15.8 Å². The van der Waals surface area contributed by atoms with Crippen LogP contribution >= 0.6 is 0 Å². The molecule has 1 unspecified atom stereocenters. The highest BCUT2D eigenvalue weighted by Gasteiger charge is 2.09. The molecule has 0 aliphatic carbocycles. The smallest absolute Gasteiger partial charge is 0.321 e. The predicted octanol–water partition coefficient (Wildman–Crippen LogP) is -0.861. The van der Waals surface area contributed by atoms with Crippen LogP contribution < -0.4 is 16.4 Å². The molecule has 0 radical (unpaired) electrons. The average molecular weight is 201 g/mol. The van der Waals surface area contributed by atoms with Crippen LogP contribution in [0.15, 0.2) is 0 Å². The van der Waals surface area contributed by atoms with Crippen LogP contribution in [0, 0.1) is 0 Å². The largest absolute Gasteiger partial charge is 0.330 e. The van der Waals surface area contributed by atoms with Gasteiger partial charge in [-0.3, -0.25) is 10.1 Å². The maximum Gasteiger partial charge on any atom is 0.321 e. The molecule has 0 rings (SSSR count). The van der Waals surface area contributed by atoms with Gasteiger partial charge in [-0.1, -0.05) is 0 Å². The Labute approximate surface area is 82.2 Å². The molecule has 80 valence electrons. The highest BCUT2D eigenvalue weighted by atomic mass is 16.2. The van der Waals surface area contributed by atoms with Crippen molar-refractivity contribution in [2.75, 3.05) is 6.54 Å². The third-order valence-corrected chi connectivity index (χ3v) is 1.64. The van der Waals surface area contributed by atoms with Crippen molar-refractivity contribution in [2.24, 2.45) is 5.73 Å². The van der Waals surface area contributed by atoms with Crippen molar-refractivity contribution >= 4 is 18.7 Å². The van der Waals surface area contributed by atoms with Crippen molar-refractivity contribution in [3.05, 3.63) is 0 Å². The van der Waals surface area contributed by atoms with E-state index in [9.17, 15) is 14.4 Å². The molecule has 14 heavy (non-hydrogen) atoms. The molecule has 3 amide bonds. The Morgan fingerprint density at radius 2 is 2.07 bits per heavy atom. The van der Waals surface area contributed by atoms with Gasteiger partial charge in [-0.15, -0.1) is 0 Å². The van der Waals surface area contributed by atoms with Crippen LogP contribution in [0.4, 0.5) is 4.79 Å². The number of imide groups is 1. The lowest BCUT2D eigenvalue weighted by Crippen LogP contribution is -2.42. The van der Waals surface area contributed by atoms with E-state index in [0.29, 0.717) is 19.3 Å². The van der Waals surface area contributed by atoms with E-state index in [2.05, 4.69) is 5.32 Å². The van der Waals surface area contributed by atoms with Crippen LogP contribution in [0.2, 0.25) is 0 Å². The summed E-state index contributed by atoms with van der Waals surface area (Å²) in [7, 11) is 0. The molecule has 0 saturated carbocycles. The topological polar surface area (TPSA) is 101 Å². The highest BCUT2D eigenvalue weighted by molar-refractivity contribution is 5.86. The lowest BCUT2D eigenvalue weighted by atomic mass is 10.1. The maximum absolute atomic E-state index is 10.8. The van der Waals surface area contributed by atoms with Crippen molar-refractivity contribution in [3.63, 3.8) is 0 Å². The number of aldehydes is 1. The SMILES string of the molecule is NCCCCC(C=O)NC(=O)NC=O. The van der Waals surface area contributed by atoms with Crippen molar-refractivity contribution in [3.8, 4) is 0 Å². The van der Waals surface area contributed by atoms with Crippen LogP contribution in [-0.4, -0.2) is 31.3 Å². The summed E-state index contributed by atoms with van der Waals surface area (Å²) in [5.41, 5.74) is 5.27. The molecule has 0 aromatic rings. The molecule has 0 spiro atoms. The third kappa shape index (κ3) is 6.13. The number of nitrogens with one attached hydrogen (secondary N) is 2. The van der Waals surface area contributed by atoms with Gasteiger partial charge in [0.1, 0.15) is 6.29 Å². The van der Waals surface area contributed by atoms with Crippen LogP contribution in [0.5, 0.6) is 0 Å². The lowest BCUT2D eigenvalue weighted by Gasteiger charge is -2.10. The molecular weight excluding hydrogens is 186 g/mol. The van der Waals surface area contributed by atoms with Crippen molar-refractivity contribution < 1.29 is 14.4 Å². The number of nitrogens with two attached hydrogens (primary N) is 1. The zero-order valence-electron chi connectivity index (χ0n) is 7.86. The molecule has 0 heterocycles. The van der Waals surface area contributed by atoms with Crippen LogP contribution in [0.1, 0.15) is 19.3 Å². The van der Waals surface area contributed by atoms with E-state index in [1.165, 1.54) is 0 Å². The highest BCUT2D eigenvalue weighted by Crippen LogP contribution is 1.97. The summed E-state index contributed by atoms with van der Waals surface area (Å²) in [5, 5.41) is 4.22. The van der Waals surface area contributed by atoms with Gasteiger partial charge in [0.25, 0.3) is 0 Å². The number of carbonyl (C=O) groups is 3. The van der Waals surface area contributed by atoms with E-state index < -0.39 is 12.1 Å². The summed E-state index contributed by atoms with van der Waals surface area (Å²) >= 11 is 0. The second-order valence-electron chi connectivity index (χ2n) is 2.76. The second-order valence-corrected chi connectivity index (χ2v) is 2.76. The molecule has 0 aromatic heterocycles. The molecule has 6 heteroatoms. The molecule has 0 fully saturated rings. The van der Waals surface area contributed by atoms with E-state index in [-0.39, 0.29) is 6.41 Å². The van der Waals surface area contributed by atoms with Crippen molar-refractivity contribution in [2.45, 2.75) is 25.3 Å². The Bertz CT molecular complexity index is 196. The van der Waals surface area contributed by atoms with Gasteiger partial charge in [-0.05, 0) is 25.8 Å². The lowest BCUT2D eigenvalue weighted by molar-refractivity contribution is -0.110. The Morgan fingerprint density at radius 1 is 1.36 bits per heavy atom. The van der Waals surface area contributed by atoms with E-state index in [1.807, 2.05) is 5.32 Å². The number of hydrogen-bond acceptors (Lipinski definition) is 4. The zero-order valence-corrected chi connectivity index (χ0v) is 7.86. The van der Waals surface area contributed by atoms with Crippen LogP contribution in [0.3, 0.4) is 0 Å². The Balaban J connectivity index is 3.72. The summed E-state index contributed by atoms with van der Waals surface area (Å²) in [6.07, 6.45) is 3.01. The van der Waals surface area contributed by atoms with E-state index >= 15 is 0 Å². The number of urea groups is 1. The molecule has 0 aromatic carbocycles. The van der Waals surface area contributed by atoms with Crippen molar-refractivity contribution in [1.29, 1.82) is 0 Å². The molecule has 0 saturated heterocycles. The molecule has 0 bridgehead atoms. The average Bonchev–Trinajstić information content (AvgIpc) is 2.17. The minimum Gasteiger partial charge on any atom is -0.330 e. The summed E-state index contributed by atoms with van der Waals surface area (Å²) < 4.78 is 0. The van der Waals surface area contributed by atoms with Gasteiger partial charge >= 0.3 is 6.03 Å². The Hall–Kier alpha value is -1.43. The number of rotatable bonds is 7. The first kappa shape index (κ1) is 12.6. The monoisotopic (exact) mass is 201 g/mol. The fraction of sp³-hybridized carbons (Fsp3) is 0.625. The second kappa shape index (κ2) is 8.18. The van der Waals surface area contributed by atoms with Crippen LogP contribution in [0.25, 0.3) is 0 Å². The molecule has 0 aliphatic rings. The standard InChI is InChI=1S/C8H15N3O3/c9-4-2-1-3-7(5-12)11-8(14)10-6-13/h5-7H,1-4,9H2,(H2,10,11,13,14). The Morgan fingerprint density at radius 3 is 2.57 bits per heavy atom. The quantitative estimate of drug-likeness (QED) is 0.368. The van der Waals surface area contributed by atoms with Crippen molar-refractivity contribution in [1.82, 2.24) is 10.6 Å². The Kier molecular flexibility index (Phi) is 7.35. The van der Waals surface area contributed by atoms with Gasteiger partial charge in [0, 0.05) is 0 Å². The zero-order chi connectivity index (χ0) is 10.8. The minimum atomic E-state index is -0.662. The summed E-state index contributed by atoms with van der Waals surface area (Å²) in [6, 6.07) is -1.22. The maximum atomic E-state index is 10.8. The fourth-order valence-electron chi connectivity index (χ4n) is 0.946. The number of carbonyl (C=O) groups excluding carboxylic acids is 3. The molecule has 0 aliphatic heterocycles. The summed E-state index contributed by atoms with van der Waals surface area (Å²) in [4.78, 5) is 31.2. The summed E-state index contributed by atoms with van der Waals surface area (Å²) in [5.74, 6) is 0. The molecule has 6 nitrogen and oxygen atoms in total. The van der Waals surface area contributed by atoms with E-state index in [1.54, 1.807) is 0 Å². The summed E-state index contributed by atoms with van der Waals surface area (Å²) in [6.45, 7) is 0.562. The van der Waals surface area contributed by atoms with E-state index in [0.717, 1.165) is 12.8 Å². The predicted molar refractivity (Wildman–Crippen MR) is 50.5 cm³/mol. The first-order chi connectivity index (χ1) is 6.74. The number of unbranched alkanes of at least 4 members (excludes halogenated alkanes) is 1.